The molecule has 2 rings (SSSR count). The second-order valence-corrected chi connectivity index (χ2v) is 4.95. The van der Waals surface area contributed by atoms with Crippen molar-refractivity contribution in [3.05, 3.63) is 48.0 Å². The highest BCUT2D eigenvalue weighted by molar-refractivity contribution is 5.81. The largest absolute Gasteiger partial charge is 0.307 e. The fourth-order valence-corrected chi connectivity index (χ4v) is 2.73. The third-order valence-electron chi connectivity index (χ3n) is 3.58. The van der Waals surface area contributed by atoms with E-state index in [0.717, 1.165) is 12.8 Å². The van der Waals surface area contributed by atoms with Gasteiger partial charge in [-0.15, -0.1) is 6.58 Å². The number of nitrogens with one attached hydrogen (secondary N) is 1. The molecule has 0 aromatic heterocycles. The molecule has 1 aromatic rings. The number of hydrogen-bond donors (Lipinski definition) is 1. The summed E-state index contributed by atoms with van der Waals surface area (Å²) in [5.41, 5.74) is 2.82. The summed E-state index contributed by atoms with van der Waals surface area (Å²) < 4.78 is 0. The summed E-state index contributed by atoms with van der Waals surface area (Å²) in [6.45, 7) is 4.79. The van der Waals surface area contributed by atoms with E-state index in [2.05, 4.69) is 36.2 Å². The van der Waals surface area contributed by atoms with Gasteiger partial charge in [0.25, 0.3) is 0 Å². The number of aryl methyl sites for hydroxylation is 1. The first-order chi connectivity index (χ1) is 8.81. The topological polar surface area (TPSA) is 29.1 Å². The highest BCUT2D eigenvalue weighted by Gasteiger charge is 2.21. The van der Waals surface area contributed by atoms with Crippen LogP contribution in [0.25, 0.3) is 0 Å². The average molecular weight is 243 g/mol. The van der Waals surface area contributed by atoms with E-state index in [1.54, 1.807) is 6.08 Å². The van der Waals surface area contributed by atoms with E-state index in [9.17, 15) is 4.79 Å². The third-order valence-corrected chi connectivity index (χ3v) is 3.58. The highest BCUT2D eigenvalue weighted by atomic mass is 16.1. The Labute approximate surface area is 109 Å². The Morgan fingerprint density at radius 1 is 1.44 bits per heavy atom. The quantitative estimate of drug-likeness (QED) is 0.615. The summed E-state index contributed by atoms with van der Waals surface area (Å²) in [4.78, 5) is 11.9. The van der Waals surface area contributed by atoms with Crippen LogP contribution in [-0.2, 0) is 11.2 Å². The van der Waals surface area contributed by atoms with Crippen molar-refractivity contribution in [3.8, 4) is 0 Å². The number of fused-ring (bicyclic) bond motifs is 1. The predicted molar refractivity (Wildman–Crippen MR) is 74.8 cm³/mol. The molecule has 1 unspecified atom stereocenters. The zero-order valence-corrected chi connectivity index (χ0v) is 10.8. The van der Waals surface area contributed by atoms with Gasteiger partial charge in [0.2, 0.25) is 0 Å². The van der Waals surface area contributed by atoms with Crippen molar-refractivity contribution < 1.29 is 4.79 Å². The van der Waals surface area contributed by atoms with Crippen LogP contribution in [0.4, 0.5) is 0 Å². The summed E-state index contributed by atoms with van der Waals surface area (Å²) in [5.74, 6) is 0.728. The fourth-order valence-electron chi connectivity index (χ4n) is 2.73. The molecular formula is C16H21NO. The molecule has 1 aliphatic carbocycles. The van der Waals surface area contributed by atoms with E-state index in [4.69, 9.17) is 0 Å². The van der Waals surface area contributed by atoms with Gasteiger partial charge < -0.3 is 5.32 Å². The lowest BCUT2D eigenvalue weighted by Gasteiger charge is -2.24. The van der Waals surface area contributed by atoms with E-state index in [-0.39, 0.29) is 0 Å². The second kappa shape index (κ2) is 6.50. The second-order valence-electron chi connectivity index (χ2n) is 4.95. The number of hydrogen-bond acceptors (Lipinski definition) is 2. The van der Waals surface area contributed by atoms with Gasteiger partial charge in [0.1, 0.15) is 5.78 Å². The lowest BCUT2D eigenvalue weighted by Crippen LogP contribution is -2.25. The lowest BCUT2D eigenvalue weighted by molar-refractivity contribution is -0.118. The molecule has 1 N–H and O–H groups in total. The van der Waals surface area contributed by atoms with Gasteiger partial charge in [0, 0.05) is 13.0 Å². The number of Topliss-reactive ketones (excluding diaryl/α,β-unsaturated/α-hetero) is 1. The summed E-state index contributed by atoms with van der Waals surface area (Å²) in [5, 5.41) is 3.08. The molecule has 0 amide bonds. The Bertz CT molecular complexity index is 425. The van der Waals surface area contributed by atoms with Crippen LogP contribution in [0.5, 0.6) is 0 Å². The van der Waals surface area contributed by atoms with Crippen molar-refractivity contribution in [2.24, 2.45) is 0 Å². The van der Waals surface area contributed by atoms with Gasteiger partial charge in [0.05, 0.1) is 6.54 Å². The molecule has 0 spiro atoms. The predicted octanol–water partition coefficient (Wildman–Crippen LogP) is 2.84. The Kier molecular flexibility index (Phi) is 4.71. The van der Waals surface area contributed by atoms with E-state index >= 15 is 0 Å². The Morgan fingerprint density at radius 3 is 3.11 bits per heavy atom. The number of carbonyl (C=O) groups excluding carboxylic acids is 1. The standard InChI is InChI=1S/C16H21NO/c1-2-10-17-12-15(18)11-14-8-5-7-13-6-3-4-9-16(13)14/h2-4,6,9,14,17H,1,5,7-8,10-12H2. The van der Waals surface area contributed by atoms with Crippen LogP contribution < -0.4 is 5.32 Å². The van der Waals surface area contributed by atoms with Crippen LogP contribution >= 0.6 is 0 Å². The molecule has 1 atom stereocenters. The third kappa shape index (κ3) is 3.30. The lowest BCUT2D eigenvalue weighted by atomic mass is 9.80. The number of carbonyl (C=O) groups is 1. The maximum Gasteiger partial charge on any atom is 0.147 e. The summed E-state index contributed by atoms with van der Waals surface area (Å²) in [7, 11) is 0. The molecule has 0 aliphatic heterocycles. The van der Waals surface area contributed by atoms with E-state index < -0.39 is 0 Å². The van der Waals surface area contributed by atoms with E-state index in [0.29, 0.717) is 31.2 Å². The van der Waals surface area contributed by atoms with Gasteiger partial charge in [0.15, 0.2) is 0 Å². The van der Waals surface area contributed by atoms with Gasteiger partial charge >= 0.3 is 0 Å². The Balaban J connectivity index is 1.94. The highest BCUT2D eigenvalue weighted by Crippen LogP contribution is 2.33. The molecular weight excluding hydrogens is 222 g/mol. The average Bonchev–Trinajstić information content (AvgIpc) is 2.39. The SMILES string of the molecule is C=CCNCC(=O)CC1CCCc2ccccc21. The van der Waals surface area contributed by atoms with Gasteiger partial charge in [-0.1, -0.05) is 30.3 Å². The van der Waals surface area contributed by atoms with Crippen LogP contribution in [-0.4, -0.2) is 18.9 Å². The van der Waals surface area contributed by atoms with Crippen molar-refractivity contribution in [3.63, 3.8) is 0 Å². The van der Waals surface area contributed by atoms with Crippen molar-refractivity contribution in [1.82, 2.24) is 5.32 Å². The molecule has 0 heterocycles. The van der Waals surface area contributed by atoms with Crippen LogP contribution in [0.15, 0.2) is 36.9 Å². The number of ketones is 1. The fraction of sp³-hybridized carbons (Fsp3) is 0.438. The molecule has 0 radical (unpaired) electrons. The normalized spacial score (nSPS) is 18.1. The van der Waals surface area contributed by atoms with Crippen LogP contribution in [0.2, 0.25) is 0 Å². The van der Waals surface area contributed by atoms with Gasteiger partial charge in [-0.2, -0.15) is 0 Å². The zero-order valence-electron chi connectivity index (χ0n) is 10.8. The number of rotatable bonds is 6. The van der Waals surface area contributed by atoms with Gasteiger partial charge in [-0.3, -0.25) is 4.79 Å². The molecule has 1 aliphatic rings. The van der Waals surface area contributed by atoms with Crippen LogP contribution in [0, 0.1) is 0 Å². The van der Waals surface area contributed by atoms with Crippen molar-refractivity contribution >= 4 is 5.78 Å². The minimum absolute atomic E-state index is 0.304. The Hall–Kier alpha value is -1.41. The maximum absolute atomic E-state index is 11.9. The molecule has 0 fully saturated rings. The molecule has 1 aromatic carbocycles. The zero-order chi connectivity index (χ0) is 12.8. The molecule has 0 bridgehead atoms. The van der Waals surface area contributed by atoms with Crippen molar-refractivity contribution in [1.29, 1.82) is 0 Å². The summed E-state index contributed by atoms with van der Waals surface area (Å²) >= 11 is 0. The van der Waals surface area contributed by atoms with Crippen molar-refractivity contribution in [2.45, 2.75) is 31.6 Å². The Morgan fingerprint density at radius 2 is 2.28 bits per heavy atom. The minimum Gasteiger partial charge on any atom is -0.307 e. The summed E-state index contributed by atoms with van der Waals surface area (Å²) in [6.07, 6.45) is 5.96. The monoisotopic (exact) mass is 243 g/mol. The number of benzene rings is 1. The molecule has 18 heavy (non-hydrogen) atoms. The maximum atomic E-state index is 11.9. The summed E-state index contributed by atoms with van der Waals surface area (Å²) in [6, 6.07) is 8.55. The smallest absolute Gasteiger partial charge is 0.147 e. The van der Waals surface area contributed by atoms with Crippen LogP contribution in [0.3, 0.4) is 0 Å². The molecule has 0 saturated heterocycles. The van der Waals surface area contributed by atoms with E-state index in [1.807, 2.05) is 0 Å². The van der Waals surface area contributed by atoms with Crippen LogP contribution in [0.1, 0.15) is 36.3 Å². The molecule has 0 saturated carbocycles. The first-order valence-electron chi connectivity index (χ1n) is 6.72. The molecule has 2 nitrogen and oxygen atoms in total. The van der Waals surface area contributed by atoms with Gasteiger partial charge in [-0.05, 0) is 36.3 Å². The van der Waals surface area contributed by atoms with Crippen molar-refractivity contribution in [2.75, 3.05) is 13.1 Å². The molecule has 96 valence electrons. The van der Waals surface area contributed by atoms with E-state index in [1.165, 1.54) is 17.5 Å². The first kappa shape index (κ1) is 13.0. The molecule has 2 heteroatoms. The van der Waals surface area contributed by atoms with Gasteiger partial charge in [-0.25, -0.2) is 0 Å². The first-order valence-corrected chi connectivity index (χ1v) is 6.72. The minimum atomic E-state index is 0.304.